The minimum atomic E-state index is -1.01. The van der Waals surface area contributed by atoms with E-state index in [1.54, 1.807) is 0 Å². The first-order chi connectivity index (χ1) is 7.91. The monoisotopic (exact) mass is 296 g/mol. The summed E-state index contributed by atoms with van der Waals surface area (Å²) in [5, 5.41) is 10.0. The second-order valence-corrected chi connectivity index (χ2v) is 5.32. The molecule has 0 aliphatic heterocycles. The molecule has 1 N–H and O–H groups in total. The molecular weight excluding hydrogens is 284 g/mol. The number of benzene rings is 1. The van der Waals surface area contributed by atoms with Crippen LogP contribution in [0.15, 0.2) is 21.0 Å². The van der Waals surface area contributed by atoms with Crippen LogP contribution in [-0.4, -0.2) is 11.1 Å². The summed E-state index contributed by atoms with van der Waals surface area (Å²) in [6.07, 6.45) is 0. The van der Waals surface area contributed by atoms with E-state index in [1.807, 2.05) is 32.9 Å². The third-order valence-corrected chi connectivity index (χ3v) is 3.21. The van der Waals surface area contributed by atoms with Crippen LogP contribution in [0.2, 0.25) is 0 Å². The van der Waals surface area contributed by atoms with Gasteiger partial charge in [-0.2, -0.15) is 0 Å². The molecule has 0 unspecified atom stereocenters. The molecule has 90 valence electrons. The zero-order chi connectivity index (χ0) is 12.7. The van der Waals surface area contributed by atoms with Gasteiger partial charge in [0, 0.05) is 15.4 Å². The van der Waals surface area contributed by atoms with Crippen LogP contribution in [0.4, 0.5) is 0 Å². The van der Waals surface area contributed by atoms with E-state index in [2.05, 4.69) is 15.9 Å². The van der Waals surface area contributed by atoms with Crippen molar-refractivity contribution in [3.8, 4) is 0 Å². The Morgan fingerprint density at radius 3 is 2.59 bits per heavy atom. The summed E-state index contributed by atoms with van der Waals surface area (Å²) in [6, 6.07) is 3.83. The lowest BCUT2D eigenvalue weighted by Gasteiger charge is -2.04. The number of hydrogen-bond acceptors (Lipinski definition) is 2. The van der Waals surface area contributed by atoms with Crippen LogP contribution >= 0.6 is 15.9 Å². The largest absolute Gasteiger partial charge is 0.475 e. The number of carboxylic acids is 1. The van der Waals surface area contributed by atoms with Gasteiger partial charge in [0.15, 0.2) is 0 Å². The molecule has 0 saturated carbocycles. The third kappa shape index (κ3) is 1.97. The molecule has 1 aromatic heterocycles. The number of aromatic carboxylic acids is 1. The van der Waals surface area contributed by atoms with Crippen LogP contribution in [0, 0.1) is 6.92 Å². The summed E-state index contributed by atoms with van der Waals surface area (Å²) in [4.78, 5) is 11.2. The fourth-order valence-electron chi connectivity index (χ4n) is 2.08. The Bertz CT molecular complexity index is 596. The molecule has 0 aliphatic carbocycles. The fraction of sp³-hybridized carbons (Fsp3) is 0.308. The van der Waals surface area contributed by atoms with Gasteiger partial charge in [-0.1, -0.05) is 29.8 Å². The zero-order valence-corrected chi connectivity index (χ0v) is 11.5. The van der Waals surface area contributed by atoms with Gasteiger partial charge < -0.3 is 9.52 Å². The molecule has 2 rings (SSSR count). The Kier molecular flexibility index (Phi) is 3.00. The van der Waals surface area contributed by atoms with Crippen molar-refractivity contribution in [2.24, 2.45) is 0 Å². The Balaban J connectivity index is 2.90. The van der Waals surface area contributed by atoms with Gasteiger partial charge in [-0.25, -0.2) is 4.79 Å². The van der Waals surface area contributed by atoms with Crippen LogP contribution in [0.1, 0.15) is 41.4 Å². The second-order valence-electron chi connectivity index (χ2n) is 4.40. The molecule has 0 bridgehead atoms. The molecule has 3 nitrogen and oxygen atoms in total. The summed E-state index contributed by atoms with van der Waals surface area (Å²) < 4.78 is 6.42. The number of aryl methyl sites for hydroxylation is 1. The lowest BCUT2D eigenvalue weighted by molar-refractivity contribution is 0.0662. The minimum absolute atomic E-state index is 0.0520. The summed E-state index contributed by atoms with van der Waals surface area (Å²) >= 11 is 3.42. The van der Waals surface area contributed by atoms with Crippen molar-refractivity contribution in [1.82, 2.24) is 0 Å². The molecule has 4 heteroatoms. The predicted molar refractivity (Wildman–Crippen MR) is 69.7 cm³/mol. The van der Waals surface area contributed by atoms with Crippen LogP contribution in [0.3, 0.4) is 0 Å². The van der Waals surface area contributed by atoms with Crippen molar-refractivity contribution >= 4 is 32.9 Å². The van der Waals surface area contributed by atoms with E-state index in [4.69, 9.17) is 4.42 Å². The summed E-state index contributed by atoms with van der Waals surface area (Å²) in [7, 11) is 0. The van der Waals surface area contributed by atoms with Crippen molar-refractivity contribution in [2.45, 2.75) is 26.7 Å². The van der Waals surface area contributed by atoms with Gasteiger partial charge in [0.25, 0.3) is 0 Å². The highest BCUT2D eigenvalue weighted by molar-refractivity contribution is 9.10. The number of furan rings is 1. The highest BCUT2D eigenvalue weighted by Crippen LogP contribution is 2.35. The van der Waals surface area contributed by atoms with Gasteiger partial charge >= 0.3 is 5.97 Å². The summed E-state index contributed by atoms with van der Waals surface area (Å²) in [5.74, 6) is -0.854. The average Bonchev–Trinajstić information content (AvgIpc) is 2.56. The highest BCUT2D eigenvalue weighted by atomic mass is 79.9. The van der Waals surface area contributed by atoms with Gasteiger partial charge in [-0.15, -0.1) is 0 Å². The minimum Gasteiger partial charge on any atom is -0.475 e. The maximum absolute atomic E-state index is 11.2. The van der Waals surface area contributed by atoms with Gasteiger partial charge in [-0.05, 0) is 30.5 Å². The third-order valence-electron chi connectivity index (χ3n) is 2.75. The molecule has 0 radical (unpaired) electrons. The van der Waals surface area contributed by atoms with Crippen molar-refractivity contribution in [3.63, 3.8) is 0 Å². The smallest absolute Gasteiger partial charge is 0.372 e. The lowest BCUT2D eigenvalue weighted by atomic mass is 9.98. The maximum Gasteiger partial charge on any atom is 0.372 e. The van der Waals surface area contributed by atoms with Gasteiger partial charge in [0.1, 0.15) is 5.58 Å². The van der Waals surface area contributed by atoms with E-state index in [-0.39, 0.29) is 11.7 Å². The number of halogens is 1. The predicted octanol–water partition coefficient (Wildman–Crippen LogP) is 4.33. The maximum atomic E-state index is 11.2. The normalized spacial score (nSPS) is 11.4. The number of hydrogen-bond donors (Lipinski definition) is 1. The number of rotatable bonds is 2. The molecule has 0 fully saturated rings. The Morgan fingerprint density at radius 2 is 2.06 bits per heavy atom. The molecule has 1 heterocycles. The lowest BCUT2D eigenvalue weighted by Crippen LogP contribution is -2.00. The Hall–Kier alpha value is -1.29. The standard InChI is InChI=1S/C13H13BrO3/c1-6(2)10-9-5-8(14)4-7(3)11(9)17-12(10)13(15)16/h4-6H,1-3H3,(H,15,16). The van der Waals surface area contributed by atoms with Crippen molar-refractivity contribution in [2.75, 3.05) is 0 Å². The van der Waals surface area contributed by atoms with E-state index in [0.717, 1.165) is 21.0 Å². The first kappa shape index (κ1) is 12.2. The Labute approximate surface area is 108 Å². The molecular formula is C13H13BrO3. The molecule has 0 amide bonds. The van der Waals surface area contributed by atoms with E-state index in [0.29, 0.717) is 5.58 Å². The molecule has 0 aliphatic rings. The number of fused-ring (bicyclic) bond motifs is 1. The Morgan fingerprint density at radius 1 is 1.41 bits per heavy atom. The van der Waals surface area contributed by atoms with Gasteiger partial charge in [0.2, 0.25) is 5.76 Å². The van der Waals surface area contributed by atoms with Crippen LogP contribution in [-0.2, 0) is 0 Å². The number of carboxylic acid groups (broad SMARTS) is 1. The van der Waals surface area contributed by atoms with E-state index in [9.17, 15) is 9.90 Å². The molecule has 17 heavy (non-hydrogen) atoms. The van der Waals surface area contributed by atoms with Crippen molar-refractivity contribution in [1.29, 1.82) is 0 Å². The molecule has 0 spiro atoms. The molecule has 1 aromatic carbocycles. The zero-order valence-electron chi connectivity index (χ0n) is 9.87. The quantitative estimate of drug-likeness (QED) is 0.897. The second kappa shape index (κ2) is 4.18. The highest BCUT2D eigenvalue weighted by Gasteiger charge is 2.23. The van der Waals surface area contributed by atoms with E-state index in [1.165, 1.54) is 0 Å². The van der Waals surface area contributed by atoms with Crippen LogP contribution < -0.4 is 0 Å². The number of carbonyl (C=O) groups is 1. The van der Waals surface area contributed by atoms with Crippen LogP contribution in [0.25, 0.3) is 11.0 Å². The van der Waals surface area contributed by atoms with Crippen molar-refractivity contribution in [3.05, 3.63) is 33.5 Å². The van der Waals surface area contributed by atoms with E-state index < -0.39 is 5.97 Å². The molecule has 0 saturated heterocycles. The van der Waals surface area contributed by atoms with Gasteiger partial charge in [-0.3, -0.25) is 0 Å². The van der Waals surface area contributed by atoms with Crippen LogP contribution in [0.5, 0.6) is 0 Å². The summed E-state index contributed by atoms with van der Waals surface area (Å²) in [6.45, 7) is 5.84. The summed E-state index contributed by atoms with van der Waals surface area (Å²) in [5.41, 5.74) is 2.36. The average molecular weight is 297 g/mol. The first-order valence-electron chi connectivity index (χ1n) is 5.37. The molecule has 0 atom stereocenters. The molecule has 2 aromatic rings. The van der Waals surface area contributed by atoms with Gasteiger partial charge in [0.05, 0.1) is 0 Å². The SMILES string of the molecule is Cc1cc(Br)cc2c(C(C)C)c(C(=O)O)oc12. The topological polar surface area (TPSA) is 50.4 Å². The van der Waals surface area contributed by atoms with E-state index >= 15 is 0 Å². The van der Waals surface area contributed by atoms with Crippen molar-refractivity contribution < 1.29 is 14.3 Å². The fourth-order valence-corrected chi connectivity index (χ4v) is 2.65. The first-order valence-corrected chi connectivity index (χ1v) is 6.17.